The fourth-order valence-corrected chi connectivity index (χ4v) is 13.1. The van der Waals surface area contributed by atoms with E-state index in [-0.39, 0.29) is 0 Å². The van der Waals surface area contributed by atoms with Crippen molar-refractivity contribution in [1.82, 2.24) is 0 Å². The molecule has 304 valence electrons. The van der Waals surface area contributed by atoms with Gasteiger partial charge in [0.1, 0.15) is 0 Å². The van der Waals surface area contributed by atoms with Crippen molar-refractivity contribution in [3.05, 3.63) is 23.3 Å². The molecular weight excluding hydrogens is 645 g/mol. The molecule has 6 saturated carbocycles. The van der Waals surface area contributed by atoms with Crippen LogP contribution in [0.4, 0.5) is 0 Å². The Balaban J connectivity index is 1.09. The number of rotatable bonds is 15. The average molecular weight is 733 g/mol. The summed E-state index contributed by atoms with van der Waals surface area (Å²) in [6.45, 7) is 10.6. The third-order valence-corrected chi connectivity index (χ3v) is 16.8. The Morgan fingerprint density at radius 3 is 1.58 bits per heavy atom. The second kappa shape index (κ2) is 21.8. The SMILES string of the molecule is CCCCC(CC)COC1CC(C)C(OC)CC1C1CCC(/C(=C/C2CCC(/C=C(\C3CCCCC3)C3CCC(C)CC3)CC2)C2CCCCC2)CC1. The lowest BCUT2D eigenvalue weighted by molar-refractivity contribution is -0.105. The van der Waals surface area contributed by atoms with E-state index in [4.69, 9.17) is 9.47 Å². The van der Waals surface area contributed by atoms with Gasteiger partial charge in [0, 0.05) is 13.7 Å². The van der Waals surface area contributed by atoms with Gasteiger partial charge in [-0.25, -0.2) is 0 Å². The highest BCUT2D eigenvalue weighted by Gasteiger charge is 2.42. The molecule has 53 heavy (non-hydrogen) atoms. The molecule has 6 aliphatic carbocycles. The summed E-state index contributed by atoms with van der Waals surface area (Å²) in [7, 11) is 1.96. The molecule has 0 aromatic carbocycles. The summed E-state index contributed by atoms with van der Waals surface area (Å²) in [6, 6.07) is 0. The smallest absolute Gasteiger partial charge is 0.0610 e. The largest absolute Gasteiger partial charge is 0.381 e. The van der Waals surface area contributed by atoms with Gasteiger partial charge in [-0.15, -0.1) is 0 Å². The zero-order valence-electron chi connectivity index (χ0n) is 36.0. The standard InChI is InChI=1S/C51H88O2/c1-6-8-15-39(7-2)36-53-51-32-38(4)50(52-5)35-49(51)46-30-28-45(29-31-46)48(43-18-13-10-14-19-43)34-41-24-22-40(23-25-41)33-47(42-16-11-9-12-17-42)44-26-20-37(3)21-27-44/h33-34,37-46,49-51H,6-32,35-36H2,1-5H3/b47-33+,48-34+. The monoisotopic (exact) mass is 733 g/mol. The van der Waals surface area contributed by atoms with Crippen molar-refractivity contribution >= 4 is 0 Å². The molecular formula is C51H88O2. The molecule has 5 unspecified atom stereocenters. The normalized spacial score (nSPS) is 38.1. The first-order chi connectivity index (χ1) is 25.9. The third-order valence-electron chi connectivity index (χ3n) is 16.8. The second-order valence-electron chi connectivity index (χ2n) is 20.4. The van der Waals surface area contributed by atoms with Gasteiger partial charge in [0.05, 0.1) is 12.2 Å². The quantitative estimate of drug-likeness (QED) is 0.156. The molecule has 6 rings (SSSR count). The fraction of sp³-hybridized carbons (Fsp3) is 0.922. The van der Waals surface area contributed by atoms with Gasteiger partial charge in [0.15, 0.2) is 0 Å². The number of hydrogen-bond acceptors (Lipinski definition) is 2. The molecule has 0 radical (unpaired) electrons. The molecule has 6 aliphatic rings. The number of ether oxygens (including phenoxy) is 2. The summed E-state index contributed by atoms with van der Waals surface area (Å²) in [6.07, 6.45) is 46.5. The Hall–Kier alpha value is -0.600. The maximum absolute atomic E-state index is 6.97. The molecule has 5 atom stereocenters. The van der Waals surface area contributed by atoms with Gasteiger partial charge < -0.3 is 9.47 Å². The lowest BCUT2D eigenvalue weighted by atomic mass is 9.64. The van der Waals surface area contributed by atoms with Crippen molar-refractivity contribution in [3.63, 3.8) is 0 Å². The fourth-order valence-electron chi connectivity index (χ4n) is 13.1. The van der Waals surface area contributed by atoms with Crippen LogP contribution in [0, 0.1) is 65.1 Å². The number of hydrogen-bond donors (Lipinski definition) is 0. The summed E-state index contributed by atoms with van der Waals surface area (Å²) in [5.41, 5.74) is 3.93. The first-order valence-corrected chi connectivity index (χ1v) is 24.5. The third kappa shape index (κ3) is 12.0. The van der Waals surface area contributed by atoms with Crippen LogP contribution in [0.3, 0.4) is 0 Å². The first-order valence-electron chi connectivity index (χ1n) is 24.5. The van der Waals surface area contributed by atoms with E-state index < -0.39 is 0 Å². The molecule has 0 N–H and O–H groups in total. The van der Waals surface area contributed by atoms with Gasteiger partial charge in [-0.1, -0.05) is 122 Å². The van der Waals surface area contributed by atoms with Gasteiger partial charge in [-0.05, 0) is 174 Å². The predicted octanol–water partition coefficient (Wildman–Crippen LogP) is 15.1. The van der Waals surface area contributed by atoms with E-state index >= 15 is 0 Å². The molecule has 0 aliphatic heterocycles. The van der Waals surface area contributed by atoms with Crippen molar-refractivity contribution in [2.24, 2.45) is 65.1 Å². The number of unbranched alkanes of at least 4 members (excludes halogenated alkanes) is 1. The zero-order chi connectivity index (χ0) is 37.0. The van der Waals surface area contributed by atoms with Crippen LogP contribution in [0.25, 0.3) is 0 Å². The lowest BCUT2D eigenvalue weighted by Gasteiger charge is -2.46. The van der Waals surface area contributed by atoms with Crippen LogP contribution in [0.15, 0.2) is 23.3 Å². The molecule has 6 fully saturated rings. The summed E-state index contributed by atoms with van der Waals surface area (Å²) in [5, 5.41) is 0. The van der Waals surface area contributed by atoms with Crippen molar-refractivity contribution in [1.29, 1.82) is 0 Å². The molecule has 0 aromatic rings. The van der Waals surface area contributed by atoms with Crippen LogP contribution in [0.5, 0.6) is 0 Å². The Morgan fingerprint density at radius 1 is 0.585 bits per heavy atom. The van der Waals surface area contributed by atoms with Gasteiger partial charge in [-0.2, -0.15) is 0 Å². The maximum Gasteiger partial charge on any atom is 0.0610 e. The van der Waals surface area contributed by atoms with E-state index in [1.54, 1.807) is 0 Å². The maximum atomic E-state index is 6.97. The number of methoxy groups -OCH3 is 1. The number of allylic oxidation sites excluding steroid dienone is 4. The summed E-state index contributed by atoms with van der Waals surface area (Å²) in [5.74, 6) is 9.05. The van der Waals surface area contributed by atoms with E-state index in [2.05, 4.69) is 39.8 Å². The van der Waals surface area contributed by atoms with Crippen LogP contribution < -0.4 is 0 Å². The highest BCUT2D eigenvalue weighted by molar-refractivity contribution is 5.18. The Morgan fingerprint density at radius 2 is 1.09 bits per heavy atom. The van der Waals surface area contributed by atoms with Crippen molar-refractivity contribution in [2.75, 3.05) is 13.7 Å². The van der Waals surface area contributed by atoms with Crippen LogP contribution >= 0.6 is 0 Å². The van der Waals surface area contributed by atoms with E-state index in [9.17, 15) is 0 Å². The van der Waals surface area contributed by atoms with Crippen molar-refractivity contribution in [3.8, 4) is 0 Å². The minimum absolute atomic E-state index is 0.410. The Bertz CT molecular complexity index is 1070. The van der Waals surface area contributed by atoms with Crippen LogP contribution in [-0.2, 0) is 9.47 Å². The van der Waals surface area contributed by atoms with Crippen LogP contribution in [0.2, 0.25) is 0 Å². The summed E-state index contributed by atoms with van der Waals surface area (Å²) >= 11 is 0. The minimum Gasteiger partial charge on any atom is -0.381 e. The van der Waals surface area contributed by atoms with Crippen LogP contribution in [-0.4, -0.2) is 25.9 Å². The van der Waals surface area contributed by atoms with E-state index in [1.807, 2.05) is 18.3 Å². The molecule has 0 saturated heterocycles. The van der Waals surface area contributed by atoms with E-state index in [1.165, 1.54) is 180 Å². The summed E-state index contributed by atoms with van der Waals surface area (Å²) < 4.78 is 13.1. The highest BCUT2D eigenvalue weighted by atomic mass is 16.5. The Kier molecular flexibility index (Phi) is 17.3. The minimum atomic E-state index is 0.410. The molecule has 2 heteroatoms. The molecule has 2 nitrogen and oxygen atoms in total. The average Bonchev–Trinajstić information content (AvgIpc) is 3.21. The van der Waals surface area contributed by atoms with E-state index in [0.717, 1.165) is 59.9 Å². The second-order valence-corrected chi connectivity index (χ2v) is 20.4. The van der Waals surface area contributed by atoms with Crippen LogP contribution in [0.1, 0.15) is 207 Å². The molecule has 0 bridgehead atoms. The zero-order valence-corrected chi connectivity index (χ0v) is 36.0. The van der Waals surface area contributed by atoms with Gasteiger partial charge in [0.25, 0.3) is 0 Å². The molecule has 0 spiro atoms. The highest BCUT2D eigenvalue weighted by Crippen LogP contribution is 2.48. The van der Waals surface area contributed by atoms with Gasteiger partial charge in [-0.3, -0.25) is 0 Å². The first kappa shape index (κ1) is 42.0. The lowest BCUT2D eigenvalue weighted by Crippen LogP contribution is -2.44. The van der Waals surface area contributed by atoms with Gasteiger partial charge >= 0.3 is 0 Å². The van der Waals surface area contributed by atoms with Crippen molar-refractivity contribution < 1.29 is 9.47 Å². The molecule has 0 heterocycles. The molecule has 0 aromatic heterocycles. The summed E-state index contributed by atoms with van der Waals surface area (Å²) in [4.78, 5) is 0. The van der Waals surface area contributed by atoms with Crippen molar-refractivity contribution in [2.45, 2.75) is 220 Å². The van der Waals surface area contributed by atoms with Gasteiger partial charge in [0.2, 0.25) is 0 Å². The predicted molar refractivity (Wildman–Crippen MR) is 227 cm³/mol. The van der Waals surface area contributed by atoms with E-state index in [0.29, 0.717) is 24.0 Å². The molecule has 0 amide bonds. The Labute approximate surface area is 330 Å². The topological polar surface area (TPSA) is 18.5 Å².